The summed E-state index contributed by atoms with van der Waals surface area (Å²) in [6, 6.07) is 13.7. The van der Waals surface area contributed by atoms with E-state index in [4.69, 9.17) is 4.74 Å². The van der Waals surface area contributed by atoms with Crippen molar-refractivity contribution in [3.63, 3.8) is 0 Å². The van der Waals surface area contributed by atoms with E-state index >= 15 is 0 Å². The molecule has 4 rings (SSSR count). The van der Waals surface area contributed by atoms with E-state index in [-0.39, 0.29) is 29.9 Å². The first kappa shape index (κ1) is 17.2. The van der Waals surface area contributed by atoms with Crippen LogP contribution in [0.15, 0.2) is 47.8 Å². The lowest BCUT2D eigenvalue weighted by molar-refractivity contribution is -0.131. The Labute approximate surface area is 157 Å². The first-order chi connectivity index (χ1) is 12.7. The van der Waals surface area contributed by atoms with Crippen LogP contribution in [0.1, 0.15) is 16.9 Å². The molecule has 2 fully saturated rings. The van der Waals surface area contributed by atoms with E-state index in [1.54, 1.807) is 11.3 Å². The van der Waals surface area contributed by atoms with Crippen LogP contribution in [-0.4, -0.2) is 42.0 Å². The zero-order valence-corrected chi connectivity index (χ0v) is 15.3. The van der Waals surface area contributed by atoms with Crippen molar-refractivity contribution >= 4 is 23.2 Å². The van der Waals surface area contributed by atoms with Crippen molar-refractivity contribution in [2.24, 2.45) is 5.92 Å². The maximum absolute atomic E-state index is 12.8. The zero-order chi connectivity index (χ0) is 17.9. The number of carbonyl (C=O) groups excluding carboxylic acids is 2. The minimum absolute atomic E-state index is 0.0173. The van der Waals surface area contributed by atoms with Crippen molar-refractivity contribution in [2.45, 2.75) is 31.5 Å². The monoisotopic (exact) mass is 370 g/mol. The number of benzene rings is 1. The Kier molecular flexibility index (Phi) is 5.04. The smallest absolute Gasteiger partial charge is 0.227 e. The van der Waals surface area contributed by atoms with E-state index < -0.39 is 0 Å². The summed E-state index contributed by atoms with van der Waals surface area (Å²) in [6.07, 6.45) is 0.992. The zero-order valence-electron chi connectivity index (χ0n) is 14.5. The normalized spacial score (nSPS) is 24.5. The second-order valence-electron chi connectivity index (χ2n) is 6.80. The highest BCUT2D eigenvalue weighted by molar-refractivity contribution is 7.09. The van der Waals surface area contributed by atoms with Gasteiger partial charge in [0.15, 0.2) is 0 Å². The fraction of sp³-hybridized carbons (Fsp3) is 0.400. The van der Waals surface area contributed by atoms with E-state index in [1.807, 2.05) is 52.7 Å². The van der Waals surface area contributed by atoms with Crippen LogP contribution in [0, 0.1) is 5.92 Å². The molecule has 2 amide bonds. The fourth-order valence-corrected chi connectivity index (χ4v) is 4.52. The number of hydrogen-bond acceptors (Lipinski definition) is 4. The van der Waals surface area contributed by atoms with Gasteiger partial charge in [0, 0.05) is 18.0 Å². The predicted molar refractivity (Wildman–Crippen MR) is 99.7 cm³/mol. The number of amides is 2. The first-order valence-corrected chi connectivity index (χ1v) is 9.85. The Balaban J connectivity index is 1.41. The van der Waals surface area contributed by atoms with Gasteiger partial charge < -0.3 is 15.0 Å². The third-order valence-electron chi connectivity index (χ3n) is 5.17. The second kappa shape index (κ2) is 7.60. The van der Waals surface area contributed by atoms with Crippen LogP contribution in [0.4, 0.5) is 0 Å². The topological polar surface area (TPSA) is 58.6 Å². The molecule has 136 valence electrons. The maximum Gasteiger partial charge on any atom is 0.227 e. The molecule has 2 saturated heterocycles. The predicted octanol–water partition coefficient (Wildman–Crippen LogP) is 2.22. The van der Waals surface area contributed by atoms with Gasteiger partial charge in [-0.15, -0.1) is 11.3 Å². The van der Waals surface area contributed by atoms with E-state index in [0.29, 0.717) is 26.1 Å². The number of nitrogens with zero attached hydrogens (tertiary/aromatic N) is 1. The molecule has 0 saturated carbocycles. The molecule has 0 bridgehead atoms. The molecule has 2 aliphatic heterocycles. The lowest BCUT2D eigenvalue weighted by Gasteiger charge is -2.22. The van der Waals surface area contributed by atoms with Crippen molar-refractivity contribution in [3.8, 4) is 0 Å². The van der Waals surface area contributed by atoms with Gasteiger partial charge in [-0.1, -0.05) is 36.4 Å². The molecular weight excluding hydrogens is 348 g/mol. The van der Waals surface area contributed by atoms with Crippen LogP contribution in [0.5, 0.6) is 0 Å². The Morgan fingerprint density at radius 3 is 2.81 bits per heavy atom. The van der Waals surface area contributed by atoms with Gasteiger partial charge in [0.1, 0.15) is 0 Å². The van der Waals surface area contributed by atoms with Crippen LogP contribution < -0.4 is 5.32 Å². The van der Waals surface area contributed by atoms with Gasteiger partial charge in [0.2, 0.25) is 11.8 Å². The molecule has 2 aromatic rings. The highest BCUT2D eigenvalue weighted by atomic mass is 32.1. The van der Waals surface area contributed by atoms with Crippen LogP contribution in [-0.2, 0) is 27.3 Å². The first-order valence-electron chi connectivity index (χ1n) is 8.97. The summed E-state index contributed by atoms with van der Waals surface area (Å²) < 4.78 is 5.83. The molecule has 3 atom stereocenters. The molecule has 6 heteroatoms. The molecule has 2 aliphatic rings. The van der Waals surface area contributed by atoms with E-state index in [9.17, 15) is 9.59 Å². The molecule has 1 N–H and O–H groups in total. The molecule has 0 aliphatic carbocycles. The summed E-state index contributed by atoms with van der Waals surface area (Å²) in [4.78, 5) is 28.5. The molecule has 26 heavy (non-hydrogen) atoms. The second-order valence-corrected chi connectivity index (χ2v) is 7.84. The summed E-state index contributed by atoms with van der Waals surface area (Å²) in [7, 11) is 0. The molecular formula is C20H22N2O3S. The number of nitrogens with one attached hydrogen (secondary N) is 1. The van der Waals surface area contributed by atoms with Gasteiger partial charge in [-0.05, 0) is 23.4 Å². The van der Waals surface area contributed by atoms with Gasteiger partial charge in [-0.2, -0.15) is 0 Å². The van der Waals surface area contributed by atoms with Crippen LogP contribution in [0.3, 0.4) is 0 Å². The van der Waals surface area contributed by atoms with Crippen LogP contribution in [0.2, 0.25) is 0 Å². The average molecular weight is 370 g/mol. The van der Waals surface area contributed by atoms with Gasteiger partial charge in [-0.25, -0.2) is 0 Å². The number of rotatable bonds is 5. The van der Waals surface area contributed by atoms with Crippen LogP contribution >= 0.6 is 11.3 Å². The van der Waals surface area contributed by atoms with E-state index in [1.165, 1.54) is 0 Å². The van der Waals surface area contributed by atoms with Crippen molar-refractivity contribution in [3.05, 3.63) is 58.3 Å². The van der Waals surface area contributed by atoms with E-state index in [0.717, 1.165) is 16.9 Å². The van der Waals surface area contributed by atoms with Crippen molar-refractivity contribution in [2.75, 3.05) is 13.2 Å². The third-order valence-corrected chi connectivity index (χ3v) is 6.04. The van der Waals surface area contributed by atoms with Crippen molar-refractivity contribution in [1.82, 2.24) is 10.2 Å². The molecule has 1 aromatic heterocycles. The number of carbonyl (C=O) groups is 2. The maximum atomic E-state index is 12.8. The number of thiophene rings is 1. The summed E-state index contributed by atoms with van der Waals surface area (Å²) in [5.74, 6) is -0.238. The summed E-state index contributed by atoms with van der Waals surface area (Å²) >= 11 is 1.62. The Morgan fingerprint density at radius 1 is 1.19 bits per heavy atom. The summed E-state index contributed by atoms with van der Waals surface area (Å²) in [5, 5.41) is 5.00. The number of fused-ring (bicyclic) bond motifs is 1. The molecule has 0 unspecified atom stereocenters. The minimum atomic E-state index is -0.290. The highest BCUT2D eigenvalue weighted by Crippen LogP contribution is 2.34. The molecule has 3 heterocycles. The molecule has 0 radical (unpaired) electrons. The largest absolute Gasteiger partial charge is 0.375 e. The summed E-state index contributed by atoms with van der Waals surface area (Å²) in [5.41, 5.74) is 0.999. The number of likely N-dealkylation sites (tertiary alicyclic amines) is 1. The van der Waals surface area contributed by atoms with E-state index in [2.05, 4.69) is 5.32 Å². The summed E-state index contributed by atoms with van der Waals surface area (Å²) in [6.45, 7) is 1.58. The van der Waals surface area contributed by atoms with Gasteiger partial charge >= 0.3 is 0 Å². The lowest BCUT2D eigenvalue weighted by Crippen LogP contribution is -2.38. The van der Waals surface area contributed by atoms with Crippen molar-refractivity contribution in [1.29, 1.82) is 0 Å². The Morgan fingerprint density at radius 2 is 2.04 bits per heavy atom. The van der Waals surface area contributed by atoms with Crippen LogP contribution in [0.25, 0.3) is 0 Å². The Hall–Kier alpha value is -2.18. The van der Waals surface area contributed by atoms with Gasteiger partial charge in [0.25, 0.3) is 0 Å². The average Bonchev–Trinajstić information content (AvgIpc) is 3.38. The third kappa shape index (κ3) is 3.52. The van der Waals surface area contributed by atoms with Gasteiger partial charge in [0.05, 0.1) is 31.0 Å². The number of hydrogen-bond donors (Lipinski definition) is 1. The standard InChI is InChI=1S/C20H22N2O3S/c23-18(11-14-5-2-1-3-6-14)22-13-16(19-17(22)8-9-25-19)20(24)21-12-15-7-4-10-26-15/h1-7,10,16-17,19H,8-9,11-13H2,(H,21,24)/t16-,17-,19-/m1/s1. The molecule has 1 aromatic carbocycles. The molecule has 0 spiro atoms. The number of ether oxygens (including phenoxy) is 1. The fourth-order valence-electron chi connectivity index (χ4n) is 3.88. The minimum Gasteiger partial charge on any atom is -0.375 e. The Bertz CT molecular complexity index is 763. The highest BCUT2D eigenvalue weighted by Gasteiger charge is 2.50. The van der Waals surface area contributed by atoms with Crippen molar-refractivity contribution < 1.29 is 14.3 Å². The lowest BCUT2D eigenvalue weighted by atomic mass is 10.0. The molecule has 5 nitrogen and oxygen atoms in total. The quantitative estimate of drug-likeness (QED) is 0.878. The van der Waals surface area contributed by atoms with Gasteiger partial charge in [-0.3, -0.25) is 9.59 Å². The SMILES string of the molecule is O=C(NCc1cccs1)[C@@H]1CN(C(=O)Cc2ccccc2)[C@@H]2CCO[C@@H]21.